The monoisotopic (exact) mass is 1470 g/mol. The molecule has 0 bridgehead atoms. The van der Waals surface area contributed by atoms with Gasteiger partial charge in [-0.05, 0) is 141 Å². The third-order valence-electron chi connectivity index (χ3n) is 21.6. The highest BCUT2D eigenvalue weighted by atomic mass is 16.6. The van der Waals surface area contributed by atoms with E-state index < -0.39 is 47.9 Å². The zero-order valence-electron chi connectivity index (χ0n) is 62.3. The summed E-state index contributed by atoms with van der Waals surface area (Å²) in [5, 5.41) is 26.6. The Morgan fingerprint density at radius 2 is 1.42 bits per heavy atom. The molecule has 25 nitrogen and oxygen atoms in total. The predicted octanol–water partition coefficient (Wildman–Crippen LogP) is 11.1. The number of methoxy groups -OCH3 is 2. The molecule has 108 heavy (non-hydrogen) atoms. The van der Waals surface area contributed by atoms with Crippen LogP contribution in [0.15, 0.2) is 122 Å². The van der Waals surface area contributed by atoms with Crippen molar-refractivity contribution in [3.05, 3.63) is 166 Å². The second-order valence-corrected chi connectivity index (χ2v) is 29.8. The van der Waals surface area contributed by atoms with Gasteiger partial charge in [-0.2, -0.15) is 0 Å². The summed E-state index contributed by atoms with van der Waals surface area (Å²) >= 11 is 0. The number of hydrogen-bond acceptors (Lipinski definition) is 18. The number of nitrogens with one attached hydrogen (secondary N) is 2. The molecular weight excluding hydrogens is 1380 g/mol. The standard InChI is InChI=1S/C83H92N10O15/c1-48(2)63(37-60(95)43-85-74(97)28-26-59(94)27-29-75(98)90-44-56-14-9-10-15-61(56)76-77(93(49(3)4)88-87-76)62-16-11-12-17-66(62)90)78(99)86-51(6)69(96)34-52-19-21-53(22-20-52)46-108-82(103)92-67-40-73(71(105-8)39-65(67)80(101)91-47-83(30-31-83)41-68(91)81(92)102)107-33-13-32-106-72-36-54-24-25-58-35-57(55-23-18-50(5)84-42-55)45-89(58)79(100)64(54)38-70(72)104-7/h9-12,14-23,36,38-40,42,45,48-49,51,58,63,68,81,102H,13,24-35,37,41,43-44,46-47H2,1-8H3,(H,85,97)(H,86,99)/t51-,58+,63-,68-,81?/m0/s1. The number of fused-ring (bicyclic) bond motifs is 9. The van der Waals surface area contributed by atoms with Gasteiger partial charge in [-0.3, -0.25) is 43.3 Å². The van der Waals surface area contributed by atoms with Gasteiger partial charge in [0.25, 0.3) is 11.8 Å². The maximum Gasteiger partial charge on any atom is 0.416 e. The average molecular weight is 1470 g/mol. The third kappa shape index (κ3) is 16.1. The third-order valence-corrected chi connectivity index (χ3v) is 21.6. The van der Waals surface area contributed by atoms with Crippen LogP contribution in [0.25, 0.3) is 28.1 Å². The first-order valence-corrected chi connectivity index (χ1v) is 37.2. The van der Waals surface area contributed by atoms with Gasteiger partial charge in [0.2, 0.25) is 17.7 Å². The summed E-state index contributed by atoms with van der Waals surface area (Å²) in [7, 11) is 2.98. The summed E-state index contributed by atoms with van der Waals surface area (Å²) in [6.07, 6.45) is 5.43. The maximum absolute atomic E-state index is 14.5. The SMILES string of the molecule is COc1cc2c(cc1OCCCOc1cc3c(cc1OC)C(=O)N1CC4(CC4)C[C@H]1C(O)N3C(=O)OCc1ccc(CC(=O)[C@H](C)NC(=O)[C@@H](CC(=O)CNC(=O)CCC(=O)CCC(=O)N3Cc4ccccc4-c4nnn(C(C)C)c4-c4ccccc43)C(C)C)cc1)CC[C@@H]1CC(c3ccc(C)nc3)=CN1C2=O. The Labute approximate surface area is 627 Å². The van der Waals surface area contributed by atoms with E-state index in [1.165, 1.54) is 26.4 Å². The normalized spacial score (nSPS) is 17.8. The molecule has 5 aromatic carbocycles. The molecule has 1 spiro atoms. The van der Waals surface area contributed by atoms with Crippen LogP contribution in [0.1, 0.15) is 166 Å². The van der Waals surface area contributed by atoms with Crippen LogP contribution in [-0.4, -0.2) is 153 Å². The van der Waals surface area contributed by atoms with Crippen molar-refractivity contribution in [2.24, 2.45) is 17.3 Å². The van der Waals surface area contributed by atoms with Crippen molar-refractivity contribution in [1.29, 1.82) is 0 Å². The smallest absolute Gasteiger partial charge is 0.416 e. The van der Waals surface area contributed by atoms with Crippen LogP contribution in [0.4, 0.5) is 16.2 Å². The number of aliphatic hydroxyl groups excluding tert-OH is 1. The molecule has 25 heteroatoms. The minimum atomic E-state index is -1.48. The van der Waals surface area contributed by atoms with Gasteiger partial charge in [-0.25, -0.2) is 14.4 Å². The Hall–Kier alpha value is -11.1. The van der Waals surface area contributed by atoms with Crippen molar-refractivity contribution in [3.63, 3.8) is 0 Å². The molecule has 6 amide bonds. The van der Waals surface area contributed by atoms with Crippen LogP contribution in [0.3, 0.4) is 0 Å². The number of carbonyl (C=O) groups is 9. The fourth-order valence-electron chi connectivity index (χ4n) is 15.2. The van der Waals surface area contributed by atoms with Crippen molar-refractivity contribution >= 4 is 69.9 Å². The van der Waals surface area contributed by atoms with E-state index in [-0.39, 0.29) is 147 Å². The van der Waals surface area contributed by atoms with E-state index in [4.69, 9.17) is 23.7 Å². The van der Waals surface area contributed by atoms with E-state index in [2.05, 4.69) is 25.9 Å². The molecule has 5 atom stereocenters. The Balaban J connectivity index is 0.569. The highest BCUT2D eigenvalue weighted by Crippen LogP contribution is 2.57. The number of nitrogens with zero attached hydrogens (tertiary/aromatic N) is 8. The fraction of sp³-hybridized carbons (Fsp3) is 0.422. The summed E-state index contributed by atoms with van der Waals surface area (Å²) in [5.41, 5.74) is 10.4. The van der Waals surface area contributed by atoms with Crippen LogP contribution in [0, 0.1) is 24.2 Å². The van der Waals surface area contributed by atoms with Crippen LogP contribution in [0.2, 0.25) is 0 Å². The molecular formula is C83H92N10O15. The van der Waals surface area contributed by atoms with Gasteiger partial charge in [-0.15, -0.1) is 5.10 Å². The molecule has 1 saturated heterocycles. The van der Waals surface area contributed by atoms with Crippen molar-refractivity contribution in [2.75, 3.05) is 50.3 Å². The van der Waals surface area contributed by atoms with E-state index in [0.29, 0.717) is 59.7 Å². The zero-order valence-corrected chi connectivity index (χ0v) is 62.3. The molecule has 7 aromatic rings. The second-order valence-electron chi connectivity index (χ2n) is 29.8. The van der Waals surface area contributed by atoms with Gasteiger partial charge in [0.15, 0.2) is 40.8 Å². The average Bonchev–Trinajstić information content (AvgIpc) is 1.56. The van der Waals surface area contributed by atoms with Crippen LogP contribution in [-0.2, 0) is 59.5 Å². The van der Waals surface area contributed by atoms with Crippen molar-refractivity contribution < 1.29 is 71.9 Å². The lowest BCUT2D eigenvalue weighted by Crippen LogP contribution is -2.50. The number of hydrogen-bond donors (Lipinski definition) is 3. The lowest BCUT2D eigenvalue weighted by molar-refractivity contribution is -0.133. The Kier molecular flexibility index (Phi) is 22.4. The number of para-hydroxylation sites is 1. The van der Waals surface area contributed by atoms with E-state index in [0.717, 1.165) is 81.1 Å². The van der Waals surface area contributed by atoms with Gasteiger partial charge in [-0.1, -0.05) is 91.9 Å². The lowest BCUT2D eigenvalue weighted by atomic mass is 9.89. The molecule has 13 rings (SSSR count). The highest BCUT2D eigenvalue weighted by molar-refractivity contribution is 6.07. The summed E-state index contributed by atoms with van der Waals surface area (Å²) in [5.74, 6) is -2.54. The number of Topliss-reactive ketones (excluding diaryl/α,β-unsaturated/α-hetero) is 3. The second kappa shape index (κ2) is 32.2. The van der Waals surface area contributed by atoms with Crippen molar-refractivity contribution in [1.82, 2.24) is 40.4 Å². The molecule has 1 saturated carbocycles. The molecule has 1 unspecified atom stereocenters. The molecule has 2 fully saturated rings. The maximum atomic E-state index is 14.5. The Bertz CT molecular complexity index is 4680. The van der Waals surface area contributed by atoms with Crippen molar-refractivity contribution in [3.8, 4) is 45.5 Å². The van der Waals surface area contributed by atoms with Crippen LogP contribution < -0.4 is 39.4 Å². The molecule has 7 heterocycles. The number of anilines is 2. The largest absolute Gasteiger partial charge is 0.493 e. The van der Waals surface area contributed by atoms with Gasteiger partial charge in [0, 0.05) is 110 Å². The fourth-order valence-corrected chi connectivity index (χ4v) is 15.2. The number of ether oxygens (including phenoxy) is 5. The quantitative estimate of drug-likeness (QED) is 0.0384. The van der Waals surface area contributed by atoms with E-state index >= 15 is 0 Å². The highest BCUT2D eigenvalue weighted by Gasteiger charge is 2.58. The Morgan fingerprint density at radius 1 is 0.722 bits per heavy atom. The minimum Gasteiger partial charge on any atom is -0.493 e. The first kappa shape index (κ1) is 75.2. The topological polar surface area (TPSA) is 301 Å². The van der Waals surface area contributed by atoms with Crippen LogP contribution >= 0.6 is 0 Å². The summed E-state index contributed by atoms with van der Waals surface area (Å²) in [4.78, 5) is 135. The van der Waals surface area contributed by atoms with E-state index in [9.17, 15) is 48.3 Å². The molecule has 2 aromatic heterocycles. The predicted molar refractivity (Wildman–Crippen MR) is 401 cm³/mol. The number of aromatic nitrogens is 4. The number of aryl methyl sites for hydroxylation is 2. The first-order chi connectivity index (χ1) is 52.0. The lowest BCUT2D eigenvalue weighted by Gasteiger charge is -2.31. The number of pyridine rings is 1. The molecule has 3 N–H and O–H groups in total. The number of ketones is 3. The molecule has 564 valence electrons. The summed E-state index contributed by atoms with van der Waals surface area (Å²) < 4.78 is 31.9. The van der Waals surface area contributed by atoms with Crippen molar-refractivity contribution in [2.45, 2.75) is 169 Å². The molecule has 5 aliphatic heterocycles. The molecule has 6 aliphatic rings. The number of carbonyl (C=O) groups excluding carboxylic acids is 9. The zero-order chi connectivity index (χ0) is 76.2. The number of benzene rings is 5. The first-order valence-electron chi connectivity index (χ1n) is 37.2. The number of amides is 6. The van der Waals surface area contributed by atoms with Gasteiger partial charge >= 0.3 is 6.09 Å². The van der Waals surface area contributed by atoms with Crippen LogP contribution in [0.5, 0.6) is 23.0 Å². The van der Waals surface area contributed by atoms with E-state index in [1.807, 2.05) is 109 Å². The number of rotatable bonds is 28. The summed E-state index contributed by atoms with van der Waals surface area (Å²) in [6, 6.07) is 31.1. The summed E-state index contributed by atoms with van der Waals surface area (Å²) in [6.45, 7) is 11.5. The van der Waals surface area contributed by atoms with Gasteiger partial charge < -0.3 is 54.1 Å². The van der Waals surface area contributed by atoms with E-state index in [1.54, 1.807) is 60.9 Å². The van der Waals surface area contributed by atoms with Gasteiger partial charge in [0.1, 0.15) is 18.1 Å². The van der Waals surface area contributed by atoms with Gasteiger partial charge in [0.05, 0.1) is 75.2 Å². The molecule has 0 radical (unpaired) electrons. The Morgan fingerprint density at radius 3 is 2.12 bits per heavy atom. The minimum absolute atomic E-state index is 0.00945. The number of aliphatic hydroxyl groups is 1. The molecule has 1 aliphatic carbocycles.